The number of rotatable bonds is 9. The van der Waals surface area contributed by atoms with E-state index in [4.69, 9.17) is 4.74 Å². The maximum Gasteiger partial charge on any atom is 0.228 e. The molecule has 3 aromatic carbocycles. The Labute approximate surface area is 220 Å². The largest absolute Gasteiger partial charge is 0.477 e. The van der Waals surface area contributed by atoms with Crippen molar-refractivity contribution in [3.05, 3.63) is 83.7 Å². The van der Waals surface area contributed by atoms with E-state index in [0.717, 1.165) is 5.52 Å². The molecule has 0 saturated heterocycles. The lowest BCUT2D eigenvalue weighted by molar-refractivity contribution is -0.115. The number of hydrogen-bond donors (Lipinski definition) is 1. The first-order valence-corrected chi connectivity index (χ1v) is 13.8. The Morgan fingerprint density at radius 1 is 1.03 bits per heavy atom. The maximum atomic E-state index is 15.0. The van der Waals surface area contributed by atoms with Crippen LogP contribution in [0.1, 0.15) is 39.1 Å². The smallest absolute Gasteiger partial charge is 0.228 e. The van der Waals surface area contributed by atoms with Crippen LogP contribution in [0, 0.1) is 11.6 Å². The third-order valence-corrected chi connectivity index (χ3v) is 7.92. The van der Waals surface area contributed by atoms with Crippen LogP contribution in [0.2, 0.25) is 0 Å². The zero-order chi connectivity index (χ0) is 27.7. The molecule has 10 heteroatoms. The molecule has 38 heavy (non-hydrogen) atoms. The Bertz CT molecular complexity index is 1600. The van der Waals surface area contributed by atoms with Gasteiger partial charge in [0.1, 0.15) is 5.82 Å². The number of amides is 1. The van der Waals surface area contributed by atoms with Gasteiger partial charge in [0.2, 0.25) is 5.91 Å². The van der Waals surface area contributed by atoms with Crippen LogP contribution in [0.4, 0.5) is 14.5 Å². The van der Waals surface area contributed by atoms with Gasteiger partial charge in [0, 0.05) is 24.4 Å². The van der Waals surface area contributed by atoms with Gasteiger partial charge in [-0.25, -0.2) is 22.2 Å². The number of anilines is 1. The first kappa shape index (κ1) is 27.3. The summed E-state index contributed by atoms with van der Waals surface area (Å²) in [7, 11) is -3.32. The number of imidazole rings is 1. The summed E-state index contributed by atoms with van der Waals surface area (Å²) >= 11 is 0. The summed E-state index contributed by atoms with van der Waals surface area (Å²) in [6, 6.07) is 14.6. The van der Waals surface area contributed by atoms with E-state index in [1.54, 1.807) is 39.0 Å². The molecule has 200 valence electrons. The Morgan fingerprint density at radius 2 is 1.74 bits per heavy atom. The summed E-state index contributed by atoms with van der Waals surface area (Å²) in [4.78, 5) is 17.2. The molecule has 0 aliphatic rings. The second-order valence-corrected chi connectivity index (χ2v) is 11.6. The zero-order valence-electron chi connectivity index (χ0n) is 21.6. The summed E-state index contributed by atoms with van der Waals surface area (Å²) in [5.74, 6) is -0.956. The van der Waals surface area contributed by atoms with Gasteiger partial charge in [-0.1, -0.05) is 19.1 Å². The van der Waals surface area contributed by atoms with Gasteiger partial charge in [0.05, 0.1) is 28.1 Å². The first-order valence-electron chi connectivity index (χ1n) is 12.2. The van der Waals surface area contributed by atoms with Crippen molar-refractivity contribution in [1.29, 1.82) is 0 Å². The van der Waals surface area contributed by atoms with Gasteiger partial charge >= 0.3 is 0 Å². The minimum Gasteiger partial charge on any atom is -0.477 e. The van der Waals surface area contributed by atoms with Crippen molar-refractivity contribution < 1.29 is 26.7 Å². The lowest BCUT2D eigenvalue weighted by atomic mass is 10.1. The molecule has 0 aliphatic heterocycles. The molecular formula is C28H29F2N3O4S. The summed E-state index contributed by atoms with van der Waals surface area (Å²) < 4.78 is 60.5. The molecule has 1 heterocycles. The second kappa shape index (κ2) is 10.5. The summed E-state index contributed by atoms with van der Waals surface area (Å²) in [6.07, 6.45) is -0.00676. The molecule has 1 N–H and O–H groups in total. The highest BCUT2D eigenvalue weighted by atomic mass is 32.2. The van der Waals surface area contributed by atoms with Crippen LogP contribution in [0.15, 0.2) is 65.6 Å². The van der Waals surface area contributed by atoms with E-state index in [0.29, 0.717) is 23.4 Å². The fraction of sp³-hybridized carbons (Fsp3) is 0.286. The highest BCUT2D eigenvalue weighted by molar-refractivity contribution is 7.91. The molecule has 0 saturated carbocycles. The number of halogens is 2. The lowest BCUT2D eigenvalue weighted by Gasteiger charge is -2.27. The number of carbonyl (C=O) groups is 1. The molecule has 0 aliphatic carbocycles. The van der Waals surface area contributed by atoms with Crippen molar-refractivity contribution in [3.8, 4) is 5.75 Å². The molecule has 0 fully saturated rings. The van der Waals surface area contributed by atoms with Crippen LogP contribution >= 0.6 is 0 Å². The Hall–Kier alpha value is -3.79. The molecule has 0 radical (unpaired) electrons. The van der Waals surface area contributed by atoms with Crippen molar-refractivity contribution in [3.63, 3.8) is 0 Å². The Kier molecular flexibility index (Phi) is 7.55. The van der Waals surface area contributed by atoms with Gasteiger partial charge in [-0.3, -0.25) is 4.79 Å². The molecule has 0 bridgehead atoms. The van der Waals surface area contributed by atoms with Crippen LogP contribution in [-0.2, 0) is 33.2 Å². The van der Waals surface area contributed by atoms with E-state index >= 15 is 0 Å². The third-order valence-electron chi connectivity index (χ3n) is 6.17. The molecule has 0 atom stereocenters. The molecular weight excluding hydrogens is 512 g/mol. The lowest BCUT2D eigenvalue weighted by Crippen LogP contribution is -2.30. The predicted octanol–water partition coefficient (Wildman–Crippen LogP) is 5.62. The quantitative estimate of drug-likeness (QED) is 0.297. The molecule has 1 amide bonds. The van der Waals surface area contributed by atoms with Crippen molar-refractivity contribution in [2.24, 2.45) is 0 Å². The number of benzene rings is 3. The number of fused-ring (bicyclic) bond motifs is 1. The van der Waals surface area contributed by atoms with Gasteiger partial charge in [-0.05, 0) is 62.7 Å². The summed E-state index contributed by atoms with van der Waals surface area (Å²) in [5.41, 5.74) is 1.06. The van der Waals surface area contributed by atoms with E-state index < -0.39 is 27.1 Å². The number of nitrogens with zero attached hydrogens (tertiary/aromatic N) is 2. The molecule has 7 nitrogen and oxygen atoms in total. The minimum atomic E-state index is -3.32. The molecule has 1 aromatic heterocycles. The average molecular weight is 542 g/mol. The summed E-state index contributed by atoms with van der Waals surface area (Å²) in [5, 5.41) is 2.65. The van der Waals surface area contributed by atoms with E-state index in [9.17, 15) is 22.0 Å². The first-order chi connectivity index (χ1) is 17.9. The highest BCUT2D eigenvalue weighted by Crippen LogP contribution is 2.32. The van der Waals surface area contributed by atoms with E-state index in [-0.39, 0.29) is 34.4 Å². The van der Waals surface area contributed by atoms with Crippen LogP contribution in [0.25, 0.3) is 11.0 Å². The van der Waals surface area contributed by atoms with Gasteiger partial charge in [-0.15, -0.1) is 0 Å². The maximum absolute atomic E-state index is 15.0. The molecule has 4 rings (SSSR count). The number of hydrogen-bond acceptors (Lipinski definition) is 5. The van der Waals surface area contributed by atoms with Crippen molar-refractivity contribution in [2.75, 3.05) is 11.1 Å². The van der Waals surface area contributed by atoms with Gasteiger partial charge < -0.3 is 14.6 Å². The summed E-state index contributed by atoms with van der Waals surface area (Å²) in [6.45, 7) is 7.57. The standard InChI is InChI=1S/C28H29F2N3O4S/c1-5-33-24-13-9-19(29)16-23(24)32-27(33)28(3,4)37-25-14-10-20(17-22(25)30)31-26(34)15-18-7-11-21(12-8-18)38(35,36)6-2/h7-14,16-17H,5-6,15H2,1-4H3,(H,31,34). The van der Waals surface area contributed by atoms with Crippen LogP contribution in [-0.4, -0.2) is 29.6 Å². The van der Waals surface area contributed by atoms with E-state index in [2.05, 4.69) is 10.3 Å². The Balaban J connectivity index is 1.47. The topological polar surface area (TPSA) is 90.3 Å². The van der Waals surface area contributed by atoms with Crippen LogP contribution in [0.3, 0.4) is 0 Å². The van der Waals surface area contributed by atoms with Gasteiger partial charge in [0.15, 0.2) is 32.8 Å². The van der Waals surface area contributed by atoms with Crippen molar-refractivity contribution in [2.45, 2.75) is 51.2 Å². The van der Waals surface area contributed by atoms with Gasteiger partial charge in [0.25, 0.3) is 0 Å². The Morgan fingerprint density at radius 3 is 2.37 bits per heavy atom. The SMILES string of the molecule is CCn1c(C(C)(C)Oc2ccc(NC(=O)Cc3ccc(S(=O)(=O)CC)cc3)cc2F)nc2cc(F)ccc21. The number of carbonyl (C=O) groups excluding carboxylic acids is 1. The molecule has 4 aromatic rings. The third kappa shape index (κ3) is 5.70. The van der Waals surface area contributed by atoms with Crippen molar-refractivity contribution >= 4 is 32.5 Å². The molecule has 0 unspecified atom stereocenters. The highest BCUT2D eigenvalue weighted by Gasteiger charge is 2.31. The number of nitrogens with one attached hydrogen (secondary N) is 1. The molecule has 0 spiro atoms. The zero-order valence-corrected chi connectivity index (χ0v) is 22.4. The van der Waals surface area contributed by atoms with E-state index in [1.165, 1.54) is 42.5 Å². The van der Waals surface area contributed by atoms with E-state index in [1.807, 2.05) is 11.5 Å². The number of ether oxygens (including phenoxy) is 1. The van der Waals surface area contributed by atoms with Crippen LogP contribution in [0.5, 0.6) is 5.75 Å². The fourth-order valence-corrected chi connectivity index (χ4v) is 5.12. The normalized spacial score (nSPS) is 12.1. The number of aryl methyl sites for hydroxylation is 1. The van der Waals surface area contributed by atoms with Crippen molar-refractivity contribution in [1.82, 2.24) is 9.55 Å². The van der Waals surface area contributed by atoms with Crippen LogP contribution < -0.4 is 10.1 Å². The second-order valence-electron chi connectivity index (χ2n) is 9.34. The number of aromatic nitrogens is 2. The predicted molar refractivity (Wildman–Crippen MR) is 142 cm³/mol. The minimum absolute atomic E-state index is 0.00606. The average Bonchev–Trinajstić information content (AvgIpc) is 3.24. The fourth-order valence-electron chi connectivity index (χ4n) is 4.24. The van der Waals surface area contributed by atoms with Gasteiger partial charge in [-0.2, -0.15) is 0 Å². The number of sulfone groups is 1. The monoisotopic (exact) mass is 541 g/mol.